The number of hydrogen-bond acceptors (Lipinski definition) is 3. The van der Waals surface area contributed by atoms with Gasteiger partial charge < -0.3 is 5.32 Å². The Balaban J connectivity index is 2.00. The van der Waals surface area contributed by atoms with Crippen molar-refractivity contribution in [2.24, 2.45) is 0 Å². The lowest BCUT2D eigenvalue weighted by molar-refractivity contribution is 0.751. The molecular weight excluding hydrogens is 186 g/mol. The van der Waals surface area contributed by atoms with Crippen LogP contribution in [0.5, 0.6) is 0 Å². The summed E-state index contributed by atoms with van der Waals surface area (Å²) >= 11 is 4.16. The molecule has 1 aliphatic heterocycles. The maximum Gasteiger partial charge on any atom is 0.0576 e. The molecule has 68 valence electrons. The fourth-order valence-electron chi connectivity index (χ4n) is 1.04. The molecule has 0 aromatic rings. The first-order chi connectivity index (χ1) is 5.93. The van der Waals surface area contributed by atoms with Gasteiger partial charge in [0, 0.05) is 29.1 Å². The summed E-state index contributed by atoms with van der Waals surface area (Å²) in [6.45, 7) is 3.84. The third-order valence-electron chi connectivity index (χ3n) is 1.65. The molecule has 1 saturated heterocycles. The monoisotopic (exact) mass is 201 g/mol. The molecule has 0 bridgehead atoms. The zero-order chi connectivity index (χ0) is 8.65. The van der Waals surface area contributed by atoms with E-state index in [0.29, 0.717) is 0 Å². The molecule has 1 unspecified atom stereocenters. The predicted molar refractivity (Wildman–Crippen MR) is 59.9 cm³/mol. The Morgan fingerprint density at radius 3 is 3.08 bits per heavy atom. The van der Waals surface area contributed by atoms with E-state index in [1.807, 2.05) is 6.92 Å². The average Bonchev–Trinajstić information content (AvgIpc) is 2.14. The van der Waals surface area contributed by atoms with Crippen molar-refractivity contribution < 1.29 is 0 Å². The Kier molecular flexibility index (Phi) is 5.76. The fraction of sp³-hybridized carbons (Fsp3) is 0.778. The van der Waals surface area contributed by atoms with Gasteiger partial charge in [0.25, 0.3) is 0 Å². The molecule has 1 nitrogen and oxygen atoms in total. The van der Waals surface area contributed by atoms with Crippen LogP contribution in [0.2, 0.25) is 0 Å². The van der Waals surface area contributed by atoms with Gasteiger partial charge in [0.2, 0.25) is 0 Å². The van der Waals surface area contributed by atoms with Crippen LogP contribution >= 0.6 is 23.5 Å². The molecule has 0 spiro atoms. The molecule has 1 heterocycles. The molecule has 0 aromatic carbocycles. The third-order valence-corrected chi connectivity index (χ3v) is 4.49. The normalized spacial score (nSPS) is 22.9. The second-order valence-corrected chi connectivity index (χ2v) is 5.18. The lowest BCUT2D eigenvalue weighted by Crippen LogP contribution is -2.29. The highest BCUT2D eigenvalue weighted by Crippen LogP contribution is 2.22. The van der Waals surface area contributed by atoms with Crippen molar-refractivity contribution in [1.82, 2.24) is 5.32 Å². The van der Waals surface area contributed by atoms with E-state index in [1.165, 1.54) is 17.3 Å². The summed E-state index contributed by atoms with van der Waals surface area (Å²) in [5, 5.41) is 4.16. The van der Waals surface area contributed by atoms with E-state index in [9.17, 15) is 0 Å². The quantitative estimate of drug-likeness (QED) is 0.548. The Hall–Kier alpha value is 0.220. The molecule has 0 aromatic heterocycles. The van der Waals surface area contributed by atoms with Gasteiger partial charge in [0.05, 0.1) is 6.54 Å². The molecule has 1 fully saturated rings. The molecule has 0 amide bonds. The molecule has 3 heteroatoms. The van der Waals surface area contributed by atoms with Gasteiger partial charge in [-0.3, -0.25) is 0 Å². The van der Waals surface area contributed by atoms with E-state index in [0.717, 1.165) is 18.3 Å². The van der Waals surface area contributed by atoms with Crippen molar-refractivity contribution in [2.45, 2.75) is 12.2 Å². The van der Waals surface area contributed by atoms with Crippen LogP contribution in [0.15, 0.2) is 0 Å². The van der Waals surface area contributed by atoms with E-state index in [1.54, 1.807) is 0 Å². The van der Waals surface area contributed by atoms with Crippen molar-refractivity contribution in [3.63, 3.8) is 0 Å². The highest BCUT2D eigenvalue weighted by atomic mass is 32.2. The van der Waals surface area contributed by atoms with Crippen LogP contribution in [0.25, 0.3) is 0 Å². The van der Waals surface area contributed by atoms with Crippen LogP contribution in [0.4, 0.5) is 0 Å². The van der Waals surface area contributed by atoms with Gasteiger partial charge in [0.1, 0.15) is 0 Å². The largest absolute Gasteiger partial charge is 0.305 e. The van der Waals surface area contributed by atoms with Crippen LogP contribution in [-0.4, -0.2) is 35.6 Å². The molecule has 1 rings (SSSR count). The van der Waals surface area contributed by atoms with Gasteiger partial charge in [-0.25, -0.2) is 0 Å². The number of rotatable bonds is 3. The van der Waals surface area contributed by atoms with Crippen molar-refractivity contribution in [3.05, 3.63) is 0 Å². The van der Waals surface area contributed by atoms with Crippen molar-refractivity contribution in [1.29, 1.82) is 0 Å². The van der Waals surface area contributed by atoms with Crippen molar-refractivity contribution >= 4 is 23.5 Å². The SMILES string of the molecule is CC#CCNCC1CSCCS1. The van der Waals surface area contributed by atoms with E-state index in [2.05, 4.69) is 40.7 Å². The highest BCUT2D eigenvalue weighted by molar-refractivity contribution is 8.06. The first-order valence-corrected chi connectivity index (χ1v) is 6.43. The Bertz CT molecular complexity index is 165. The summed E-state index contributed by atoms with van der Waals surface area (Å²) in [7, 11) is 0. The molecule has 1 atom stereocenters. The van der Waals surface area contributed by atoms with Crippen molar-refractivity contribution in [3.8, 4) is 11.8 Å². The maximum atomic E-state index is 3.35. The summed E-state index contributed by atoms with van der Waals surface area (Å²) in [6, 6.07) is 0. The molecule has 0 radical (unpaired) electrons. The van der Waals surface area contributed by atoms with Gasteiger partial charge in [-0.1, -0.05) is 5.92 Å². The summed E-state index contributed by atoms with van der Waals surface area (Å²) in [5.74, 6) is 9.84. The zero-order valence-corrected chi connectivity index (χ0v) is 9.06. The highest BCUT2D eigenvalue weighted by Gasteiger charge is 2.12. The van der Waals surface area contributed by atoms with E-state index >= 15 is 0 Å². The standard InChI is InChI=1S/C9H15NS2/c1-2-3-4-10-7-9-8-11-5-6-12-9/h9-10H,4-8H2,1H3. The first-order valence-electron chi connectivity index (χ1n) is 4.23. The van der Waals surface area contributed by atoms with Crippen LogP contribution in [0.3, 0.4) is 0 Å². The number of nitrogens with one attached hydrogen (secondary N) is 1. The lowest BCUT2D eigenvalue weighted by atomic mass is 10.4. The van der Waals surface area contributed by atoms with Gasteiger partial charge in [-0.15, -0.1) is 5.92 Å². The topological polar surface area (TPSA) is 12.0 Å². The minimum absolute atomic E-state index is 0.808. The van der Waals surface area contributed by atoms with E-state index in [4.69, 9.17) is 0 Å². The van der Waals surface area contributed by atoms with Crippen LogP contribution in [0, 0.1) is 11.8 Å². The average molecular weight is 201 g/mol. The maximum absolute atomic E-state index is 3.35. The number of thioether (sulfide) groups is 2. The second-order valence-electron chi connectivity index (χ2n) is 2.63. The smallest absolute Gasteiger partial charge is 0.0576 e. The molecule has 0 saturated carbocycles. The lowest BCUT2D eigenvalue weighted by Gasteiger charge is -2.20. The Morgan fingerprint density at radius 1 is 1.50 bits per heavy atom. The van der Waals surface area contributed by atoms with Gasteiger partial charge in [0.15, 0.2) is 0 Å². The minimum atomic E-state index is 0.808. The van der Waals surface area contributed by atoms with Gasteiger partial charge in [-0.2, -0.15) is 23.5 Å². The molecule has 1 aliphatic rings. The van der Waals surface area contributed by atoms with Crippen LogP contribution < -0.4 is 5.32 Å². The van der Waals surface area contributed by atoms with Gasteiger partial charge in [-0.05, 0) is 6.92 Å². The fourth-order valence-corrected chi connectivity index (χ4v) is 3.68. The third kappa shape index (κ3) is 4.30. The van der Waals surface area contributed by atoms with Crippen LogP contribution in [0.1, 0.15) is 6.92 Å². The summed E-state index contributed by atoms with van der Waals surface area (Å²) in [6.07, 6.45) is 0. The van der Waals surface area contributed by atoms with E-state index in [-0.39, 0.29) is 0 Å². The van der Waals surface area contributed by atoms with Crippen LogP contribution in [-0.2, 0) is 0 Å². The first kappa shape index (κ1) is 10.3. The summed E-state index contributed by atoms with van der Waals surface area (Å²) in [5.41, 5.74) is 0. The zero-order valence-electron chi connectivity index (χ0n) is 7.43. The van der Waals surface area contributed by atoms with Crippen molar-refractivity contribution in [2.75, 3.05) is 30.3 Å². The van der Waals surface area contributed by atoms with E-state index < -0.39 is 0 Å². The summed E-state index contributed by atoms with van der Waals surface area (Å²) < 4.78 is 0. The molecule has 0 aliphatic carbocycles. The molecular formula is C9H15NS2. The number of hydrogen-bond donors (Lipinski definition) is 1. The predicted octanol–water partition coefficient (Wildman–Crippen LogP) is 1.45. The molecule has 1 N–H and O–H groups in total. The molecule has 12 heavy (non-hydrogen) atoms. The second kappa shape index (κ2) is 6.71. The Morgan fingerprint density at radius 2 is 2.42 bits per heavy atom. The summed E-state index contributed by atoms with van der Waals surface area (Å²) in [4.78, 5) is 0. The van der Waals surface area contributed by atoms with Gasteiger partial charge >= 0.3 is 0 Å². The Labute approximate surface area is 83.4 Å². The minimum Gasteiger partial charge on any atom is -0.305 e.